The summed E-state index contributed by atoms with van der Waals surface area (Å²) in [6, 6.07) is -0.601. The van der Waals surface area contributed by atoms with Gasteiger partial charge in [-0.25, -0.2) is 0 Å². The van der Waals surface area contributed by atoms with E-state index in [2.05, 4.69) is 0 Å². The van der Waals surface area contributed by atoms with Crippen molar-refractivity contribution in [2.45, 2.75) is 26.3 Å². The fourth-order valence-electron chi connectivity index (χ4n) is 2.41. The van der Waals surface area contributed by atoms with Gasteiger partial charge >= 0.3 is 23.9 Å². The highest BCUT2D eigenvalue weighted by atomic mass is 16.4. The number of carbonyl (C=O) groups is 4. The summed E-state index contributed by atoms with van der Waals surface area (Å²) in [4.78, 5) is 46.1. The molecule has 0 saturated carbocycles. The molecule has 0 spiro atoms. The largest absolute Gasteiger partial charge is 0.480 e. The molecule has 0 saturated heterocycles. The van der Waals surface area contributed by atoms with E-state index in [0.29, 0.717) is 6.42 Å². The third-order valence-electron chi connectivity index (χ3n) is 3.12. The number of hydrogen-bond acceptors (Lipinski definition) is 6. The van der Waals surface area contributed by atoms with Crippen molar-refractivity contribution >= 4 is 23.9 Å². The van der Waals surface area contributed by atoms with Gasteiger partial charge in [0.25, 0.3) is 0 Å². The maximum absolute atomic E-state index is 11.0. The van der Waals surface area contributed by atoms with Gasteiger partial charge in [0.15, 0.2) is 0 Å². The fraction of sp³-hybridized carbons (Fsp3) is 0.714. The summed E-state index contributed by atoms with van der Waals surface area (Å²) in [6.07, 6.45) is 0.399. The maximum Gasteiger partial charge on any atom is 0.317 e. The van der Waals surface area contributed by atoms with Crippen molar-refractivity contribution < 1.29 is 39.6 Å². The van der Waals surface area contributed by atoms with Crippen LogP contribution in [-0.2, 0) is 19.2 Å². The average Bonchev–Trinajstić information content (AvgIpc) is 2.33. The van der Waals surface area contributed by atoms with Gasteiger partial charge in [0.2, 0.25) is 0 Å². The molecule has 0 bridgehead atoms. The van der Waals surface area contributed by atoms with Crippen LogP contribution in [0.25, 0.3) is 0 Å². The summed E-state index contributed by atoms with van der Waals surface area (Å²) in [7, 11) is 0. The SMILES string of the molecule is CC(C)CC(CN(CC(=O)O)CC(=O)O)N(CC(=O)O)CC(=O)O. The second kappa shape index (κ2) is 10.6. The second-order valence-corrected chi connectivity index (χ2v) is 5.93. The topological polar surface area (TPSA) is 156 Å². The Morgan fingerprint density at radius 1 is 0.750 bits per heavy atom. The van der Waals surface area contributed by atoms with E-state index in [1.165, 1.54) is 4.90 Å². The summed E-state index contributed by atoms with van der Waals surface area (Å²) < 4.78 is 0. The van der Waals surface area contributed by atoms with Gasteiger partial charge in [0, 0.05) is 12.6 Å². The Morgan fingerprint density at radius 2 is 1.12 bits per heavy atom. The first kappa shape index (κ1) is 21.8. The van der Waals surface area contributed by atoms with Crippen LogP contribution in [-0.4, -0.2) is 92.9 Å². The molecule has 0 aromatic heterocycles. The quantitative estimate of drug-likeness (QED) is 0.337. The van der Waals surface area contributed by atoms with Crippen LogP contribution in [0.1, 0.15) is 20.3 Å². The van der Waals surface area contributed by atoms with E-state index in [1.807, 2.05) is 13.8 Å². The first-order chi connectivity index (χ1) is 11.0. The smallest absolute Gasteiger partial charge is 0.317 e. The number of nitrogens with zero attached hydrogens (tertiary/aromatic N) is 2. The molecule has 24 heavy (non-hydrogen) atoms. The Hall–Kier alpha value is -2.20. The molecule has 4 N–H and O–H groups in total. The van der Waals surface area contributed by atoms with Gasteiger partial charge in [0.05, 0.1) is 26.2 Å². The van der Waals surface area contributed by atoms with E-state index >= 15 is 0 Å². The Bertz CT molecular complexity index is 434. The predicted octanol–water partition coefficient (Wildman–Crippen LogP) is -0.656. The van der Waals surface area contributed by atoms with Crippen molar-refractivity contribution in [1.29, 1.82) is 0 Å². The van der Waals surface area contributed by atoms with Gasteiger partial charge in [-0.1, -0.05) is 13.8 Å². The molecule has 0 amide bonds. The first-order valence-corrected chi connectivity index (χ1v) is 7.34. The standard InChI is InChI=1S/C14H24N2O8/c1-9(2)3-10(16(7-13(21)22)8-14(23)24)4-15(5-11(17)18)6-12(19)20/h9-10H,3-8H2,1-2H3,(H,17,18)(H,19,20)(H,21,22)(H,23,24). The van der Waals surface area contributed by atoms with Gasteiger partial charge < -0.3 is 20.4 Å². The van der Waals surface area contributed by atoms with Crippen molar-refractivity contribution in [3.05, 3.63) is 0 Å². The van der Waals surface area contributed by atoms with Gasteiger partial charge in [-0.3, -0.25) is 29.0 Å². The van der Waals surface area contributed by atoms with E-state index in [1.54, 1.807) is 0 Å². The minimum absolute atomic E-state index is 0.0582. The maximum atomic E-state index is 11.0. The molecule has 10 nitrogen and oxygen atoms in total. The van der Waals surface area contributed by atoms with Crippen molar-refractivity contribution in [3.8, 4) is 0 Å². The van der Waals surface area contributed by atoms with Gasteiger partial charge in [-0.05, 0) is 12.3 Å². The van der Waals surface area contributed by atoms with E-state index in [9.17, 15) is 19.2 Å². The third kappa shape index (κ3) is 10.5. The Kier molecular flexibility index (Phi) is 9.58. The number of carboxylic acid groups (broad SMARTS) is 4. The molecule has 0 fully saturated rings. The minimum Gasteiger partial charge on any atom is -0.480 e. The molecule has 0 aliphatic carbocycles. The summed E-state index contributed by atoms with van der Waals surface area (Å²) in [5.74, 6) is -4.79. The molecular weight excluding hydrogens is 324 g/mol. The third-order valence-corrected chi connectivity index (χ3v) is 3.12. The molecule has 0 aliphatic rings. The monoisotopic (exact) mass is 348 g/mol. The summed E-state index contributed by atoms with van der Waals surface area (Å²) in [6.45, 7) is 1.52. The fourth-order valence-corrected chi connectivity index (χ4v) is 2.41. The van der Waals surface area contributed by atoms with Crippen molar-refractivity contribution in [2.24, 2.45) is 5.92 Å². The number of carboxylic acids is 4. The lowest BCUT2D eigenvalue weighted by atomic mass is 10.0. The highest BCUT2D eigenvalue weighted by molar-refractivity contribution is 5.73. The van der Waals surface area contributed by atoms with Crippen LogP contribution in [0, 0.1) is 5.92 Å². The molecule has 0 aromatic carbocycles. The molecule has 1 unspecified atom stereocenters. The van der Waals surface area contributed by atoms with Crippen LogP contribution < -0.4 is 0 Å². The first-order valence-electron chi connectivity index (χ1n) is 7.34. The van der Waals surface area contributed by atoms with Gasteiger partial charge in [-0.2, -0.15) is 0 Å². The van der Waals surface area contributed by atoms with Crippen LogP contribution in [0.4, 0.5) is 0 Å². The number of rotatable bonds is 13. The van der Waals surface area contributed by atoms with Gasteiger partial charge in [0.1, 0.15) is 0 Å². The highest BCUT2D eigenvalue weighted by Gasteiger charge is 2.27. The molecule has 0 aromatic rings. The van der Waals surface area contributed by atoms with E-state index in [-0.39, 0.29) is 12.5 Å². The summed E-state index contributed by atoms with van der Waals surface area (Å²) >= 11 is 0. The van der Waals surface area contributed by atoms with Crippen molar-refractivity contribution in [2.75, 3.05) is 32.7 Å². The molecule has 1 atom stereocenters. The van der Waals surface area contributed by atoms with Crippen LogP contribution in [0.5, 0.6) is 0 Å². The lowest BCUT2D eigenvalue weighted by molar-refractivity contribution is -0.146. The molecule has 10 heteroatoms. The Balaban J connectivity index is 5.33. The van der Waals surface area contributed by atoms with Crippen molar-refractivity contribution in [3.63, 3.8) is 0 Å². The lowest BCUT2D eigenvalue weighted by Gasteiger charge is -2.34. The van der Waals surface area contributed by atoms with Gasteiger partial charge in [-0.15, -0.1) is 0 Å². The van der Waals surface area contributed by atoms with Crippen molar-refractivity contribution in [1.82, 2.24) is 9.80 Å². The normalized spacial score (nSPS) is 12.5. The Labute approximate surface area is 139 Å². The molecule has 138 valence electrons. The Morgan fingerprint density at radius 3 is 1.42 bits per heavy atom. The molecule has 0 radical (unpaired) electrons. The predicted molar refractivity (Wildman–Crippen MR) is 81.8 cm³/mol. The summed E-state index contributed by atoms with van der Waals surface area (Å²) in [5, 5.41) is 35.7. The molecule has 0 aliphatic heterocycles. The summed E-state index contributed by atoms with van der Waals surface area (Å²) in [5.41, 5.74) is 0. The van der Waals surface area contributed by atoms with Crippen LogP contribution in [0.2, 0.25) is 0 Å². The minimum atomic E-state index is -1.22. The lowest BCUT2D eigenvalue weighted by Crippen LogP contribution is -2.50. The van der Waals surface area contributed by atoms with Crippen LogP contribution in [0.15, 0.2) is 0 Å². The molecular formula is C14H24N2O8. The van der Waals surface area contributed by atoms with E-state index in [4.69, 9.17) is 20.4 Å². The number of hydrogen-bond donors (Lipinski definition) is 4. The zero-order valence-corrected chi connectivity index (χ0v) is 13.7. The molecule has 0 heterocycles. The average molecular weight is 348 g/mol. The van der Waals surface area contributed by atoms with E-state index < -0.39 is 56.1 Å². The zero-order chi connectivity index (χ0) is 18.9. The van der Waals surface area contributed by atoms with E-state index in [0.717, 1.165) is 4.90 Å². The molecule has 0 rings (SSSR count). The highest BCUT2D eigenvalue weighted by Crippen LogP contribution is 2.14. The second-order valence-electron chi connectivity index (χ2n) is 5.93. The zero-order valence-electron chi connectivity index (χ0n) is 13.7. The van der Waals surface area contributed by atoms with Crippen LogP contribution in [0.3, 0.4) is 0 Å². The van der Waals surface area contributed by atoms with Crippen LogP contribution >= 0.6 is 0 Å². The number of aliphatic carboxylic acids is 4.